The zero-order valence-electron chi connectivity index (χ0n) is 10.7. The van der Waals surface area contributed by atoms with Crippen LogP contribution in [0.1, 0.15) is 10.4 Å². The Hall–Kier alpha value is -2.68. The smallest absolute Gasteiger partial charge is 0.325 e. The normalized spacial score (nSPS) is 10.4. The summed E-state index contributed by atoms with van der Waals surface area (Å²) in [5.74, 6) is -1.42. The molecule has 106 valence electrons. The molecular weight excluding hydrogens is 266 g/mol. The van der Waals surface area contributed by atoms with E-state index in [-0.39, 0.29) is 18.8 Å². The standard InChI is InChI=1S/C11H13N5O4/c1-20-7-16-5-9(3-13-16)14-11(19)8-2-12-15(4-8)6-10(17)18/h2-5H,6-7H2,1H3,(H,14,19)(H,17,18). The maximum absolute atomic E-state index is 11.9. The van der Waals surface area contributed by atoms with E-state index in [0.29, 0.717) is 5.69 Å². The number of amides is 1. The number of carboxylic acids is 1. The number of anilines is 1. The molecule has 0 saturated heterocycles. The number of nitrogens with zero attached hydrogens (tertiary/aromatic N) is 4. The summed E-state index contributed by atoms with van der Waals surface area (Å²) in [7, 11) is 1.54. The number of hydrogen-bond acceptors (Lipinski definition) is 5. The Labute approximate surface area is 113 Å². The van der Waals surface area contributed by atoms with Crippen LogP contribution in [0.15, 0.2) is 24.8 Å². The number of nitrogens with one attached hydrogen (secondary N) is 1. The topological polar surface area (TPSA) is 111 Å². The molecule has 0 saturated carbocycles. The minimum Gasteiger partial charge on any atom is -0.480 e. The van der Waals surface area contributed by atoms with Gasteiger partial charge in [0.25, 0.3) is 5.91 Å². The predicted octanol–water partition coefficient (Wildman–Crippen LogP) is 0.0204. The Balaban J connectivity index is 2.00. The van der Waals surface area contributed by atoms with Gasteiger partial charge in [-0.1, -0.05) is 0 Å². The van der Waals surface area contributed by atoms with E-state index in [1.54, 1.807) is 6.20 Å². The average molecular weight is 279 g/mol. The zero-order valence-corrected chi connectivity index (χ0v) is 10.7. The summed E-state index contributed by atoms with van der Waals surface area (Å²) in [5, 5.41) is 19.0. The Kier molecular flexibility index (Phi) is 4.11. The number of aliphatic carboxylic acids is 1. The number of rotatable bonds is 6. The van der Waals surface area contributed by atoms with Crippen LogP contribution in [0.25, 0.3) is 0 Å². The highest BCUT2D eigenvalue weighted by atomic mass is 16.5. The predicted molar refractivity (Wildman–Crippen MR) is 67.1 cm³/mol. The second kappa shape index (κ2) is 5.97. The van der Waals surface area contributed by atoms with E-state index < -0.39 is 11.9 Å². The van der Waals surface area contributed by atoms with Crippen LogP contribution in [-0.2, 0) is 22.8 Å². The van der Waals surface area contributed by atoms with Gasteiger partial charge in [0.1, 0.15) is 13.3 Å². The van der Waals surface area contributed by atoms with Gasteiger partial charge in [-0.05, 0) is 0 Å². The van der Waals surface area contributed by atoms with Crippen LogP contribution < -0.4 is 5.32 Å². The lowest BCUT2D eigenvalue weighted by molar-refractivity contribution is -0.137. The maximum atomic E-state index is 11.9. The Morgan fingerprint density at radius 3 is 2.75 bits per heavy atom. The number of carbonyl (C=O) groups excluding carboxylic acids is 1. The number of carboxylic acid groups (broad SMARTS) is 1. The van der Waals surface area contributed by atoms with E-state index in [4.69, 9.17) is 9.84 Å². The van der Waals surface area contributed by atoms with Crippen molar-refractivity contribution in [2.45, 2.75) is 13.3 Å². The number of carbonyl (C=O) groups is 2. The molecule has 0 unspecified atom stereocenters. The third-order valence-corrected chi connectivity index (χ3v) is 2.35. The highest BCUT2D eigenvalue weighted by Gasteiger charge is 2.11. The first-order valence-corrected chi connectivity index (χ1v) is 5.65. The molecule has 2 rings (SSSR count). The van der Waals surface area contributed by atoms with Crippen LogP contribution in [0.2, 0.25) is 0 Å². The molecule has 0 aliphatic heterocycles. The third-order valence-electron chi connectivity index (χ3n) is 2.35. The van der Waals surface area contributed by atoms with E-state index in [2.05, 4.69) is 15.5 Å². The molecule has 0 aromatic carbocycles. The van der Waals surface area contributed by atoms with Gasteiger partial charge >= 0.3 is 5.97 Å². The van der Waals surface area contributed by atoms with Crippen LogP contribution in [0.5, 0.6) is 0 Å². The Morgan fingerprint density at radius 2 is 2.05 bits per heavy atom. The van der Waals surface area contributed by atoms with Gasteiger partial charge in [0.2, 0.25) is 0 Å². The third kappa shape index (κ3) is 3.42. The summed E-state index contributed by atoms with van der Waals surface area (Å²) >= 11 is 0. The van der Waals surface area contributed by atoms with Gasteiger partial charge in [0.05, 0.1) is 29.8 Å². The minimum absolute atomic E-state index is 0.269. The Morgan fingerprint density at radius 1 is 1.30 bits per heavy atom. The number of aromatic nitrogens is 4. The fourth-order valence-corrected chi connectivity index (χ4v) is 1.54. The van der Waals surface area contributed by atoms with Crippen molar-refractivity contribution >= 4 is 17.6 Å². The molecule has 2 N–H and O–H groups in total. The Bertz CT molecular complexity index is 618. The molecule has 2 heterocycles. The SMILES string of the molecule is COCn1cc(NC(=O)c2cnn(CC(=O)O)c2)cn1. The largest absolute Gasteiger partial charge is 0.480 e. The van der Waals surface area contributed by atoms with Crippen molar-refractivity contribution in [1.29, 1.82) is 0 Å². The summed E-state index contributed by atoms with van der Waals surface area (Å²) < 4.78 is 7.58. The van der Waals surface area contributed by atoms with E-state index in [1.807, 2.05) is 0 Å². The first-order valence-electron chi connectivity index (χ1n) is 5.65. The van der Waals surface area contributed by atoms with Gasteiger partial charge in [0, 0.05) is 13.3 Å². The fourth-order valence-electron chi connectivity index (χ4n) is 1.54. The summed E-state index contributed by atoms with van der Waals surface area (Å²) in [6.45, 7) is -0.00847. The molecule has 0 fully saturated rings. The van der Waals surface area contributed by atoms with Crippen molar-refractivity contribution in [3.8, 4) is 0 Å². The molecule has 0 aliphatic rings. The summed E-state index contributed by atoms with van der Waals surface area (Å²) in [4.78, 5) is 22.4. The van der Waals surface area contributed by atoms with Crippen molar-refractivity contribution in [2.24, 2.45) is 0 Å². The quantitative estimate of drug-likeness (QED) is 0.771. The van der Waals surface area contributed by atoms with Gasteiger partial charge in [-0.15, -0.1) is 0 Å². The van der Waals surface area contributed by atoms with E-state index in [9.17, 15) is 9.59 Å². The number of ether oxygens (including phenoxy) is 1. The van der Waals surface area contributed by atoms with Crippen molar-refractivity contribution in [2.75, 3.05) is 12.4 Å². The van der Waals surface area contributed by atoms with Crippen LogP contribution >= 0.6 is 0 Å². The lowest BCUT2D eigenvalue weighted by atomic mass is 10.3. The molecule has 9 heteroatoms. The lowest BCUT2D eigenvalue weighted by Crippen LogP contribution is -2.11. The number of hydrogen-bond donors (Lipinski definition) is 2. The molecular formula is C11H13N5O4. The molecule has 2 aromatic rings. The molecule has 20 heavy (non-hydrogen) atoms. The lowest BCUT2D eigenvalue weighted by Gasteiger charge is -1.99. The second-order valence-electron chi connectivity index (χ2n) is 3.96. The monoisotopic (exact) mass is 279 g/mol. The van der Waals surface area contributed by atoms with E-state index in [0.717, 1.165) is 0 Å². The average Bonchev–Trinajstić information content (AvgIpc) is 2.99. The first-order chi connectivity index (χ1) is 9.58. The van der Waals surface area contributed by atoms with E-state index >= 15 is 0 Å². The molecule has 0 bridgehead atoms. The van der Waals surface area contributed by atoms with Gasteiger partial charge in [-0.3, -0.25) is 14.3 Å². The van der Waals surface area contributed by atoms with Gasteiger partial charge in [-0.2, -0.15) is 10.2 Å². The molecule has 0 radical (unpaired) electrons. The minimum atomic E-state index is -1.03. The van der Waals surface area contributed by atoms with Crippen LogP contribution in [-0.4, -0.2) is 43.7 Å². The van der Waals surface area contributed by atoms with Gasteiger partial charge in [0.15, 0.2) is 0 Å². The van der Waals surface area contributed by atoms with Crippen molar-refractivity contribution in [3.63, 3.8) is 0 Å². The van der Waals surface area contributed by atoms with Gasteiger partial charge in [-0.25, -0.2) is 4.68 Å². The van der Waals surface area contributed by atoms with Crippen molar-refractivity contribution < 1.29 is 19.4 Å². The number of methoxy groups -OCH3 is 1. The summed E-state index contributed by atoms with van der Waals surface area (Å²) in [5.41, 5.74) is 0.781. The molecule has 0 spiro atoms. The maximum Gasteiger partial charge on any atom is 0.325 e. The zero-order chi connectivity index (χ0) is 14.5. The van der Waals surface area contributed by atoms with Crippen molar-refractivity contribution in [3.05, 3.63) is 30.4 Å². The van der Waals surface area contributed by atoms with Crippen molar-refractivity contribution in [1.82, 2.24) is 19.6 Å². The first kappa shape index (κ1) is 13.7. The highest BCUT2D eigenvalue weighted by molar-refractivity contribution is 6.03. The van der Waals surface area contributed by atoms with E-state index in [1.165, 1.54) is 35.1 Å². The second-order valence-corrected chi connectivity index (χ2v) is 3.96. The van der Waals surface area contributed by atoms with Crippen LogP contribution in [0.4, 0.5) is 5.69 Å². The molecule has 0 atom stereocenters. The summed E-state index contributed by atoms with van der Waals surface area (Å²) in [6, 6.07) is 0. The van der Waals surface area contributed by atoms with Crippen LogP contribution in [0, 0.1) is 0 Å². The van der Waals surface area contributed by atoms with Crippen LogP contribution in [0.3, 0.4) is 0 Å². The molecule has 1 amide bonds. The highest BCUT2D eigenvalue weighted by Crippen LogP contribution is 2.08. The molecule has 2 aromatic heterocycles. The summed E-state index contributed by atoms with van der Waals surface area (Å²) in [6.07, 6.45) is 5.77. The van der Waals surface area contributed by atoms with Gasteiger partial charge < -0.3 is 15.2 Å². The fraction of sp³-hybridized carbons (Fsp3) is 0.273. The molecule has 0 aliphatic carbocycles. The molecule has 9 nitrogen and oxygen atoms in total.